The first kappa shape index (κ1) is 23.6. The quantitative estimate of drug-likeness (QED) is 0.175. The van der Waals surface area contributed by atoms with Crippen LogP contribution in [0.25, 0.3) is 0 Å². The van der Waals surface area contributed by atoms with Crippen LogP contribution in [0.3, 0.4) is 0 Å². The number of halogens is 5. The van der Waals surface area contributed by atoms with Crippen LogP contribution in [0, 0.1) is 0 Å². The van der Waals surface area contributed by atoms with Gasteiger partial charge in [0.25, 0.3) is 5.29 Å². The van der Waals surface area contributed by atoms with E-state index in [0.29, 0.717) is 11.6 Å². The third-order valence-corrected chi connectivity index (χ3v) is 6.66. The second kappa shape index (κ2) is 9.77. The number of nitrogens with zero attached hydrogens (tertiary/aromatic N) is 3. The number of alkyl halides is 3. The van der Waals surface area contributed by atoms with Gasteiger partial charge in [-0.15, -0.1) is 0 Å². The predicted molar refractivity (Wildman–Crippen MR) is 125 cm³/mol. The van der Waals surface area contributed by atoms with Crippen molar-refractivity contribution in [1.29, 1.82) is 0 Å². The van der Waals surface area contributed by atoms with Gasteiger partial charge in [0.05, 0.1) is 17.8 Å². The van der Waals surface area contributed by atoms with E-state index in [2.05, 4.69) is 9.50 Å². The molecule has 0 amide bonds. The zero-order chi connectivity index (χ0) is 23.6. The van der Waals surface area contributed by atoms with Crippen LogP contribution in [0.15, 0.2) is 93.3 Å². The van der Waals surface area contributed by atoms with Gasteiger partial charge in [-0.3, -0.25) is 0 Å². The Hall–Kier alpha value is -2.52. The zero-order valence-corrected chi connectivity index (χ0v) is 19.2. The largest absolute Gasteiger partial charge is 0.586 e. The molecule has 0 saturated heterocycles. The van der Waals surface area contributed by atoms with Crippen molar-refractivity contribution in [3.63, 3.8) is 0 Å². The van der Waals surface area contributed by atoms with Crippen LogP contribution < -0.4 is 0 Å². The van der Waals surface area contributed by atoms with Gasteiger partial charge in [0.2, 0.25) is 0 Å². The molecule has 33 heavy (non-hydrogen) atoms. The third-order valence-electron chi connectivity index (χ3n) is 5.01. The van der Waals surface area contributed by atoms with Gasteiger partial charge in [-0.2, -0.15) is 18.3 Å². The van der Waals surface area contributed by atoms with E-state index >= 15 is 0 Å². The molecule has 0 N–H and O–H groups in total. The number of rotatable bonds is 4. The molecule has 1 aliphatic rings. The molecule has 4 rings (SSSR count). The van der Waals surface area contributed by atoms with Gasteiger partial charge in [-0.25, -0.2) is 5.01 Å². The lowest BCUT2D eigenvalue weighted by molar-refractivity contribution is -0.137. The smallest absolute Gasteiger partial charge is 0.416 e. The minimum atomic E-state index is -4.48. The molecule has 0 spiro atoms. The molecule has 3 aromatic carbocycles. The van der Waals surface area contributed by atoms with Crippen LogP contribution in [0.2, 0.25) is 5.02 Å². The maximum Gasteiger partial charge on any atom is 0.416 e. The summed E-state index contributed by atoms with van der Waals surface area (Å²) in [5.41, 5.74) is 1.78. The minimum absolute atomic E-state index is 0.0989. The first-order valence-corrected chi connectivity index (χ1v) is 11.6. The Morgan fingerprint density at radius 3 is 2.24 bits per heavy atom. The van der Waals surface area contributed by atoms with Crippen molar-refractivity contribution in [2.24, 2.45) is 9.50 Å². The summed E-state index contributed by atoms with van der Waals surface area (Å²) in [7, 11) is 0. The first-order valence-electron chi connectivity index (χ1n) is 9.72. The van der Waals surface area contributed by atoms with Gasteiger partial charge in [-0.05, 0) is 63.5 Å². The van der Waals surface area contributed by atoms with Crippen molar-refractivity contribution in [2.75, 3.05) is 6.54 Å². The molecule has 10 heteroatoms. The maximum atomic E-state index is 12.8. The SMILES string of the molecule is [O-][S+](N=C(Cl)N1CC(c2ccccc2)C(c2ccc(Cl)cc2)=N1)c1ccc(C(F)(F)F)cc1. The van der Waals surface area contributed by atoms with Crippen LogP contribution in [-0.4, -0.2) is 27.1 Å². The van der Waals surface area contributed by atoms with Crippen molar-refractivity contribution in [2.45, 2.75) is 17.0 Å². The molecule has 4 nitrogen and oxygen atoms in total. The van der Waals surface area contributed by atoms with Gasteiger partial charge in [0.15, 0.2) is 4.90 Å². The summed E-state index contributed by atoms with van der Waals surface area (Å²) in [5.74, 6) is -0.129. The van der Waals surface area contributed by atoms with E-state index in [1.807, 2.05) is 42.5 Å². The Labute approximate surface area is 201 Å². The topological polar surface area (TPSA) is 51.0 Å². The molecule has 1 aliphatic heterocycles. The van der Waals surface area contributed by atoms with Gasteiger partial charge in [-0.1, -0.05) is 54.1 Å². The molecular formula is C23H16Cl2F3N3OS. The molecular weight excluding hydrogens is 494 g/mol. The monoisotopic (exact) mass is 509 g/mol. The van der Waals surface area contributed by atoms with Gasteiger partial charge in [0.1, 0.15) is 11.4 Å². The number of amidine groups is 1. The summed E-state index contributed by atoms with van der Waals surface area (Å²) in [6.45, 7) is 0.356. The molecule has 170 valence electrons. The van der Waals surface area contributed by atoms with Crippen LogP contribution in [0.5, 0.6) is 0 Å². The predicted octanol–water partition coefficient (Wildman–Crippen LogP) is 6.48. The lowest BCUT2D eigenvalue weighted by atomic mass is 9.91. The second-order valence-electron chi connectivity index (χ2n) is 7.17. The summed E-state index contributed by atoms with van der Waals surface area (Å²) >= 11 is 10.4. The van der Waals surface area contributed by atoms with Crippen molar-refractivity contribution < 1.29 is 17.7 Å². The summed E-state index contributed by atoms with van der Waals surface area (Å²) in [6.07, 6.45) is -4.48. The van der Waals surface area contributed by atoms with Crippen LogP contribution in [0.1, 0.15) is 22.6 Å². The Kier molecular flexibility index (Phi) is 6.99. The van der Waals surface area contributed by atoms with Crippen molar-refractivity contribution >= 4 is 45.6 Å². The summed E-state index contributed by atoms with van der Waals surface area (Å²) in [6, 6.07) is 20.9. The normalized spacial score (nSPS) is 17.8. The van der Waals surface area contributed by atoms with E-state index in [1.54, 1.807) is 12.1 Å². The maximum absolute atomic E-state index is 12.8. The average molecular weight is 510 g/mol. The van der Waals surface area contributed by atoms with E-state index in [0.717, 1.165) is 41.1 Å². The van der Waals surface area contributed by atoms with Crippen LogP contribution in [-0.2, 0) is 17.5 Å². The molecule has 0 aliphatic carbocycles. The molecule has 2 atom stereocenters. The van der Waals surface area contributed by atoms with E-state index < -0.39 is 23.1 Å². The summed E-state index contributed by atoms with van der Waals surface area (Å²) < 4.78 is 54.8. The molecule has 0 saturated carbocycles. The fraction of sp³-hybridized carbons (Fsp3) is 0.130. The lowest BCUT2D eigenvalue weighted by Crippen LogP contribution is -2.23. The fourth-order valence-corrected chi connectivity index (χ4v) is 4.50. The Bertz CT molecular complexity index is 1170. The fourth-order valence-electron chi connectivity index (χ4n) is 3.37. The summed E-state index contributed by atoms with van der Waals surface area (Å²) in [4.78, 5) is 0.0989. The molecule has 1 heterocycles. The third kappa shape index (κ3) is 5.52. The molecule has 2 unspecified atom stereocenters. The number of hydrogen-bond donors (Lipinski definition) is 0. The molecule has 0 fully saturated rings. The molecule has 0 aromatic heterocycles. The second-order valence-corrected chi connectivity index (χ2v) is 9.10. The van der Waals surface area contributed by atoms with Crippen molar-refractivity contribution in [1.82, 2.24) is 5.01 Å². The van der Waals surface area contributed by atoms with E-state index in [9.17, 15) is 17.7 Å². The van der Waals surface area contributed by atoms with Gasteiger partial charge in [0, 0.05) is 10.9 Å². The highest BCUT2D eigenvalue weighted by molar-refractivity contribution is 7.90. The number of hydrazone groups is 1. The van der Waals surface area contributed by atoms with Crippen molar-refractivity contribution in [3.05, 3.63) is 101 Å². The molecule has 0 radical (unpaired) electrons. The number of hydrogen-bond acceptors (Lipinski definition) is 3. The van der Waals surface area contributed by atoms with Gasteiger partial charge >= 0.3 is 6.18 Å². The Morgan fingerprint density at radius 2 is 1.64 bits per heavy atom. The van der Waals surface area contributed by atoms with E-state index in [-0.39, 0.29) is 16.1 Å². The standard InChI is InChI=1S/C23H16Cl2F3N3OS/c24-18-10-6-16(7-11-18)21-20(15-4-2-1-3-5-15)14-31(29-21)22(25)30-33(32)19-12-8-17(9-13-19)23(26,27)28/h1-13,20H,14H2. The summed E-state index contributed by atoms with van der Waals surface area (Å²) in [5, 5.41) is 6.50. The van der Waals surface area contributed by atoms with E-state index in [1.165, 1.54) is 5.01 Å². The van der Waals surface area contributed by atoms with Gasteiger partial charge < -0.3 is 4.55 Å². The highest BCUT2D eigenvalue weighted by atomic mass is 35.5. The Balaban J connectivity index is 1.60. The number of benzene rings is 3. The van der Waals surface area contributed by atoms with Crippen molar-refractivity contribution in [3.8, 4) is 0 Å². The Morgan fingerprint density at radius 1 is 1.00 bits per heavy atom. The molecule has 0 bridgehead atoms. The minimum Gasteiger partial charge on any atom is -0.586 e. The average Bonchev–Trinajstić information content (AvgIpc) is 3.25. The highest BCUT2D eigenvalue weighted by Crippen LogP contribution is 2.32. The molecule has 3 aromatic rings. The van der Waals surface area contributed by atoms with E-state index in [4.69, 9.17) is 23.2 Å². The van der Waals surface area contributed by atoms with Crippen LogP contribution >= 0.6 is 23.2 Å². The lowest BCUT2D eigenvalue weighted by Gasteiger charge is -2.15. The zero-order valence-electron chi connectivity index (χ0n) is 16.8. The first-order chi connectivity index (χ1) is 15.7. The van der Waals surface area contributed by atoms with Crippen LogP contribution in [0.4, 0.5) is 13.2 Å². The highest BCUT2D eigenvalue weighted by Gasteiger charge is 2.33.